The summed E-state index contributed by atoms with van der Waals surface area (Å²) in [5, 5.41) is 5.06. The molecule has 2 amide bonds. The molecular formula is C22H22F6N2O2. The number of amides is 2. The molecule has 0 atom stereocenters. The summed E-state index contributed by atoms with van der Waals surface area (Å²) in [5.41, 5.74) is -1.03. The van der Waals surface area contributed by atoms with Crippen LogP contribution in [0.25, 0.3) is 0 Å². The van der Waals surface area contributed by atoms with Crippen molar-refractivity contribution in [3.05, 3.63) is 59.7 Å². The molecule has 0 aromatic heterocycles. The highest BCUT2D eigenvalue weighted by atomic mass is 19.4. The molecule has 0 unspecified atom stereocenters. The minimum Gasteiger partial charge on any atom is -0.326 e. The van der Waals surface area contributed by atoms with Crippen molar-refractivity contribution in [2.75, 3.05) is 10.6 Å². The molecule has 0 saturated carbocycles. The average Bonchev–Trinajstić information content (AvgIpc) is 2.70. The number of halogens is 6. The first-order valence-corrected chi connectivity index (χ1v) is 9.89. The Kier molecular flexibility index (Phi) is 8.68. The summed E-state index contributed by atoms with van der Waals surface area (Å²) < 4.78 is 75.1. The topological polar surface area (TPSA) is 58.2 Å². The van der Waals surface area contributed by atoms with Crippen molar-refractivity contribution in [3.63, 3.8) is 0 Å². The fourth-order valence-corrected chi connectivity index (χ4v) is 2.86. The smallest absolute Gasteiger partial charge is 0.326 e. The van der Waals surface area contributed by atoms with Crippen molar-refractivity contribution in [2.45, 2.75) is 50.9 Å². The Morgan fingerprint density at radius 2 is 0.875 bits per heavy atom. The molecule has 2 rings (SSSR count). The van der Waals surface area contributed by atoms with Gasteiger partial charge < -0.3 is 10.6 Å². The maximum absolute atomic E-state index is 12.5. The molecule has 0 saturated heterocycles. The largest absolute Gasteiger partial charge is 0.416 e. The molecule has 0 radical (unpaired) electrons. The van der Waals surface area contributed by atoms with Gasteiger partial charge in [-0.25, -0.2) is 0 Å². The molecule has 0 bridgehead atoms. The molecule has 4 nitrogen and oxygen atoms in total. The standard InChI is InChI=1S/C22H22F6N2O2/c23-21(24,25)15-7-11-17(12-8-15)29-19(31)5-3-1-2-4-6-20(32)30-18-13-9-16(10-14-18)22(26,27)28/h7-14H,1-6H2,(H,29,31)(H,30,32). The van der Waals surface area contributed by atoms with E-state index >= 15 is 0 Å². The molecule has 0 fully saturated rings. The summed E-state index contributed by atoms with van der Waals surface area (Å²) in [6.45, 7) is 0. The number of hydrogen-bond donors (Lipinski definition) is 2. The van der Waals surface area contributed by atoms with E-state index in [0.717, 1.165) is 24.3 Å². The Labute approximate surface area is 181 Å². The second-order valence-electron chi connectivity index (χ2n) is 7.16. The summed E-state index contributed by atoms with van der Waals surface area (Å²) in [5.74, 6) is -0.630. The Morgan fingerprint density at radius 1 is 0.562 bits per heavy atom. The highest BCUT2D eigenvalue weighted by molar-refractivity contribution is 5.91. The lowest BCUT2D eigenvalue weighted by Crippen LogP contribution is -2.12. The molecule has 2 aromatic carbocycles. The number of carbonyl (C=O) groups is 2. The third-order valence-corrected chi connectivity index (χ3v) is 4.55. The van der Waals surface area contributed by atoms with Crippen LogP contribution in [0.4, 0.5) is 37.7 Å². The van der Waals surface area contributed by atoms with Crippen molar-refractivity contribution < 1.29 is 35.9 Å². The lowest BCUT2D eigenvalue weighted by Gasteiger charge is -2.09. The fourth-order valence-electron chi connectivity index (χ4n) is 2.86. The van der Waals surface area contributed by atoms with Gasteiger partial charge in [-0.15, -0.1) is 0 Å². The second-order valence-corrected chi connectivity index (χ2v) is 7.16. The minimum absolute atomic E-state index is 0.193. The summed E-state index contributed by atoms with van der Waals surface area (Å²) in [7, 11) is 0. The number of unbranched alkanes of at least 4 members (excludes halogenated alkanes) is 3. The number of carbonyl (C=O) groups excluding carboxylic acids is 2. The van der Waals surface area contributed by atoms with Crippen LogP contribution < -0.4 is 10.6 Å². The maximum atomic E-state index is 12.5. The molecule has 0 spiro atoms. The lowest BCUT2D eigenvalue weighted by molar-refractivity contribution is -0.138. The molecular weight excluding hydrogens is 438 g/mol. The normalized spacial score (nSPS) is 11.8. The van der Waals surface area contributed by atoms with Crippen molar-refractivity contribution in [1.82, 2.24) is 0 Å². The molecule has 2 N–H and O–H groups in total. The zero-order valence-electron chi connectivity index (χ0n) is 16.9. The lowest BCUT2D eigenvalue weighted by atomic mass is 10.1. The van der Waals surface area contributed by atoms with Gasteiger partial charge >= 0.3 is 12.4 Å². The SMILES string of the molecule is O=C(CCCCCCC(=O)Nc1ccc(C(F)(F)F)cc1)Nc1ccc(C(F)(F)F)cc1. The number of hydrogen-bond acceptors (Lipinski definition) is 2. The predicted octanol–water partition coefficient (Wildman–Crippen LogP) is 6.64. The van der Waals surface area contributed by atoms with Gasteiger partial charge in [0.15, 0.2) is 0 Å². The molecule has 0 aliphatic carbocycles. The van der Waals surface area contributed by atoms with Gasteiger partial charge in [0.1, 0.15) is 0 Å². The van der Waals surface area contributed by atoms with Gasteiger partial charge in [0.25, 0.3) is 0 Å². The summed E-state index contributed by atoms with van der Waals surface area (Å²) in [6, 6.07) is 8.34. The molecule has 0 aliphatic heterocycles. The third kappa shape index (κ3) is 8.60. The van der Waals surface area contributed by atoms with E-state index in [1.54, 1.807) is 0 Å². The van der Waals surface area contributed by atoms with Gasteiger partial charge in [-0.2, -0.15) is 26.3 Å². The third-order valence-electron chi connectivity index (χ3n) is 4.55. The van der Waals surface area contributed by atoms with Gasteiger partial charge in [-0.1, -0.05) is 12.8 Å². The number of rotatable bonds is 9. The van der Waals surface area contributed by atoms with Gasteiger partial charge in [0, 0.05) is 24.2 Å². The molecule has 32 heavy (non-hydrogen) atoms. The summed E-state index contributed by atoms with van der Waals surface area (Å²) >= 11 is 0. The zero-order valence-corrected chi connectivity index (χ0v) is 16.9. The van der Waals surface area contributed by atoms with Crippen LogP contribution in [0.3, 0.4) is 0 Å². The van der Waals surface area contributed by atoms with Crippen LogP contribution in [0, 0.1) is 0 Å². The zero-order chi connectivity index (χ0) is 23.8. The van der Waals surface area contributed by atoms with Crippen LogP contribution in [-0.2, 0) is 21.9 Å². The number of nitrogens with one attached hydrogen (secondary N) is 2. The highest BCUT2D eigenvalue weighted by Crippen LogP contribution is 2.30. The average molecular weight is 460 g/mol. The fraction of sp³-hybridized carbons (Fsp3) is 0.364. The molecule has 0 aliphatic rings. The molecule has 10 heteroatoms. The van der Waals surface area contributed by atoms with Crippen LogP contribution in [-0.4, -0.2) is 11.8 Å². The quantitative estimate of drug-likeness (QED) is 0.326. The van der Waals surface area contributed by atoms with Crippen molar-refractivity contribution in [3.8, 4) is 0 Å². The molecule has 174 valence electrons. The van der Waals surface area contributed by atoms with Crippen LogP contribution in [0.15, 0.2) is 48.5 Å². The van der Waals surface area contributed by atoms with Gasteiger partial charge in [0.2, 0.25) is 11.8 Å². The molecule has 2 aromatic rings. The Hall–Kier alpha value is -3.04. The van der Waals surface area contributed by atoms with Crippen LogP contribution in [0.5, 0.6) is 0 Å². The van der Waals surface area contributed by atoms with E-state index in [1.807, 2.05) is 0 Å². The van der Waals surface area contributed by atoms with E-state index in [1.165, 1.54) is 24.3 Å². The monoisotopic (exact) mass is 460 g/mol. The Bertz CT molecular complexity index is 815. The highest BCUT2D eigenvalue weighted by Gasteiger charge is 2.30. The summed E-state index contributed by atoms with van der Waals surface area (Å²) in [6.07, 6.45) is -6.03. The second kappa shape index (κ2) is 11.0. The maximum Gasteiger partial charge on any atom is 0.416 e. The van der Waals surface area contributed by atoms with Gasteiger partial charge in [0.05, 0.1) is 11.1 Å². The van der Waals surface area contributed by atoms with Crippen LogP contribution in [0.1, 0.15) is 49.7 Å². The van der Waals surface area contributed by atoms with Crippen LogP contribution in [0.2, 0.25) is 0 Å². The van der Waals surface area contributed by atoms with E-state index in [-0.39, 0.29) is 36.0 Å². The van der Waals surface area contributed by atoms with Gasteiger partial charge in [-0.3, -0.25) is 9.59 Å². The minimum atomic E-state index is -4.43. The van der Waals surface area contributed by atoms with E-state index in [0.29, 0.717) is 25.7 Å². The van der Waals surface area contributed by atoms with Crippen molar-refractivity contribution >= 4 is 23.2 Å². The van der Waals surface area contributed by atoms with Crippen molar-refractivity contribution in [1.29, 1.82) is 0 Å². The first-order valence-electron chi connectivity index (χ1n) is 9.89. The first kappa shape index (κ1) is 25.2. The Morgan fingerprint density at radius 3 is 1.16 bits per heavy atom. The van der Waals surface area contributed by atoms with E-state index in [4.69, 9.17) is 0 Å². The number of benzene rings is 2. The van der Waals surface area contributed by atoms with Crippen molar-refractivity contribution in [2.24, 2.45) is 0 Å². The van der Waals surface area contributed by atoms with Crippen LogP contribution >= 0.6 is 0 Å². The number of anilines is 2. The molecule has 0 heterocycles. The Balaban J connectivity index is 1.59. The first-order chi connectivity index (χ1) is 14.9. The number of alkyl halides is 6. The predicted molar refractivity (Wildman–Crippen MR) is 108 cm³/mol. The van der Waals surface area contributed by atoms with E-state index in [9.17, 15) is 35.9 Å². The van der Waals surface area contributed by atoms with Gasteiger partial charge in [-0.05, 0) is 61.4 Å². The van der Waals surface area contributed by atoms with E-state index in [2.05, 4.69) is 10.6 Å². The summed E-state index contributed by atoms with van der Waals surface area (Å²) in [4.78, 5) is 23.7. The van der Waals surface area contributed by atoms with E-state index < -0.39 is 23.5 Å².